The maximum atomic E-state index is 11.9. The standard InChI is InChI=1S/C15H19Br2NO/c16-9-12-2-1-3-13(12)10-18-15(19)8-11-4-6-14(17)7-5-11/h4-7,12-13H,1-3,8-10H2,(H,18,19). The molecule has 0 bridgehead atoms. The van der Waals surface area contributed by atoms with Crippen molar-refractivity contribution in [1.29, 1.82) is 0 Å². The molecule has 0 radical (unpaired) electrons. The Kier molecular flexibility index (Phi) is 5.89. The van der Waals surface area contributed by atoms with E-state index in [1.165, 1.54) is 19.3 Å². The van der Waals surface area contributed by atoms with Crippen LogP contribution in [-0.4, -0.2) is 17.8 Å². The predicted molar refractivity (Wildman–Crippen MR) is 85.5 cm³/mol. The first-order valence-electron chi connectivity index (χ1n) is 6.76. The van der Waals surface area contributed by atoms with Gasteiger partial charge in [-0.05, 0) is 42.4 Å². The highest BCUT2D eigenvalue weighted by atomic mass is 79.9. The molecule has 19 heavy (non-hydrogen) atoms. The van der Waals surface area contributed by atoms with Crippen LogP contribution in [0.5, 0.6) is 0 Å². The van der Waals surface area contributed by atoms with Crippen LogP contribution in [0, 0.1) is 11.8 Å². The van der Waals surface area contributed by atoms with E-state index in [0.29, 0.717) is 12.3 Å². The van der Waals surface area contributed by atoms with E-state index >= 15 is 0 Å². The van der Waals surface area contributed by atoms with Gasteiger partial charge in [0.15, 0.2) is 0 Å². The zero-order valence-electron chi connectivity index (χ0n) is 10.9. The lowest BCUT2D eigenvalue weighted by atomic mass is 9.98. The summed E-state index contributed by atoms with van der Waals surface area (Å²) in [7, 11) is 0. The third-order valence-electron chi connectivity index (χ3n) is 3.85. The maximum Gasteiger partial charge on any atom is 0.224 e. The quantitative estimate of drug-likeness (QED) is 0.761. The highest BCUT2D eigenvalue weighted by molar-refractivity contribution is 9.10. The van der Waals surface area contributed by atoms with Crippen molar-refractivity contribution in [1.82, 2.24) is 5.32 Å². The number of hydrogen-bond acceptors (Lipinski definition) is 1. The Bertz CT molecular complexity index is 419. The molecule has 2 rings (SSSR count). The first-order valence-corrected chi connectivity index (χ1v) is 8.67. The van der Waals surface area contributed by atoms with Crippen LogP contribution in [0.1, 0.15) is 24.8 Å². The molecule has 1 N–H and O–H groups in total. The van der Waals surface area contributed by atoms with Gasteiger partial charge in [0.2, 0.25) is 5.91 Å². The van der Waals surface area contributed by atoms with E-state index in [9.17, 15) is 4.79 Å². The summed E-state index contributed by atoms with van der Waals surface area (Å²) >= 11 is 6.96. The molecule has 1 amide bonds. The zero-order valence-corrected chi connectivity index (χ0v) is 14.0. The second-order valence-corrected chi connectivity index (χ2v) is 6.78. The van der Waals surface area contributed by atoms with E-state index in [2.05, 4.69) is 37.2 Å². The van der Waals surface area contributed by atoms with Gasteiger partial charge in [0, 0.05) is 16.3 Å². The molecule has 1 fully saturated rings. The van der Waals surface area contributed by atoms with E-state index in [0.717, 1.165) is 27.8 Å². The summed E-state index contributed by atoms with van der Waals surface area (Å²) in [6, 6.07) is 7.92. The third kappa shape index (κ3) is 4.60. The van der Waals surface area contributed by atoms with Crippen molar-refractivity contribution < 1.29 is 4.79 Å². The van der Waals surface area contributed by atoms with Crippen LogP contribution in [0.25, 0.3) is 0 Å². The van der Waals surface area contributed by atoms with Gasteiger partial charge in [0.1, 0.15) is 0 Å². The highest BCUT2D eigenvalue weighted by Crippen LogP contribution is 2.32. The molecule has 1 aromatic carbocycles. The molecular formula is C15H19Br2NO. The van der Waals surface area contributed by atoms with Crippen LogP contribution in [0.4, 0.5) is 0 Å². The van der Waals surface area contributed by atoms with Gasteiger partial charge in [0.25, 0.3) is 0 Å². The Morgan fingerprint density at radius 2 is 1.89 bits per heavy atom. The Morgan fingerprint density at radius 3 is 2.58 bits per heavy atom. The number of hydrogen-bond donors (Lipinski definition) is 1. The fourth-order valence-electron chi connectivity index (χ4n) is 2.68. The second-order valence-electron chi connectivity index (χ2n) is 5.21. The summed E-state index contributed by atoms with van der Waals surface area (Å²) in [4.78, 5) is 11.9. The minimum Gasteiger partial charge on any atom is -0.356 e. The number of amides is 1. The molecule has 2 unspecified atom stereocenters. The molecule has 2 atom stereocenters. The van der Waals surface area contributed by atoms with Crippen LogP contribution in [-0.2, 0) is 11.2 Å². The number of alkyl halides is 1. The van der Waals surface area contributed by atoms with Crippen molar-refractivity contribution in [2.24, 2.45) is 11.8 Å². The Labute approximate surface area is 131 Å². The fraction of sp³-hybridized carbons (Fsp3) is 0.533. The first kappa shape index (κ1) is 15.0. The average Bonchev–Trinajstić information content (AvgIpc) is 2.86. The molecule has 1 aliphatic carbocycles. The van der Waals surface area contributed by atoms with Gasteiger partial charge in [-0.2, -0.15) is 0 Å². The van der Waals surface area contributed by atoms with Crippen LogP contribution in [0.3, 0.4) is 0 Å². The number of rotatable bonds is 5. The average molecular weight is 389 g/mol. The predicted octanol–water partition coefficient (Wildman–Crippen LogP) is 3.92. The molecule has 104 valence electrons. The Morgan fingerprint density at radius 1 is 1.21 bits per heavy atom. The summed E-state index contributed by atoms with van der Waals surface area (Å²) in [6.07, 6.45) is 4.30. The lowest BCUT2D eigenvalue weighted by Crippen LogP contribution is -2.32. The Balaban J connectivity index is 1.77. The highest BCUT2D eigenvalue weighted by Gasteiger charge is 2.26. The van der Waals surface area contributed by atoms with Crippen molar-refractivity contribution in [3.8, 4) is 0 Å². The maximum absolute atomic E-state index is 11.9. The lowest BCUT2D eigenvalue weighted by molar-refractivity contribution is -0.120. The topological polar surface area (TPSA) is 29.1 Å². The van der Waals surface area contributed by atoms with Crippen molar-refractivity contribution in [2.45, 2.75) is 25.7 Å². The second kappa shape index (κ2) is 7.44. The van der Waals surface area contributed by atoms with Crippen LogP contribution in [0.15, 0.2) is 28.7 Å². The normalized spacial score (nSPS) is 22.4. The van der Waals surface area contributed by atoms with Crippen molar-refractivity contribution >= 4 is 37.8 Å². The molecule has 1 aliphatic rings. The van der Waals surface area contributed by atoms with Gasteiger partial charge in [0.05, 0.1) is 6.42 Å². The summed E-state index contributed by atoms with van der Waals surface area (Å²) in [5, 5.41) is 4.14. The summed E-state index contributed by atoms with van der Waals surface area (Å²) in [5.41, 5.74) is 1.06. The number of nitrogens with one attached hydrogen (secondary N) is 1. The summed E-state index contributed by atoms with van der Waals surface area (Å²) in [5.74, 6) is 1.50. The summed E-state index contributed by atoms with van der Waals surface area (Å²) in [6.45, 7) is 0.825. The molecule has 0 spiro atoms. The minimum absolute atomic E-state index is 0.127. The van der Waals surface area contributed by atoms with E-state index in [4.69, 9.17) is 0 Å². The summed E-state index contributed by atoms with van der Waals surface area (Å²) < 4.78 is 1.04. The molecule has 1 saturated carbocycles. The van der Waals surface area contributed by atoms with Gasteiger partial charge in [-0.15, -0.1) is 0 Å². The van der Waals surface area contributed by atoms with Gasteiger partial charge >= 0.3 is 0 Å². The van der Waals surface area contributed by atoms with E-state index in [1.54, 1.807) is 0 Å². The first-order chi connectivity index (χ1) is 9.19. The smallest absolute Gasteiger partial charge is 0.224 e. The van der Waals surface area contributed by atoms with Crippen LogP contribution in [0.2, 0.25) is 0 Å². The SMILES string of the molecule is O=C(Cc1ccc(Br)cc1)NCC1CCCC1CBr. The van der Waals surface area contributed by atoms with Gasteiger partial charge < -0.3 is 5.32 Å². The zero-order chi connectivity index (χ0) is 13.7. The fourth-order valence-corrected chi connectivity index (χ4v) is 3.80. The monoisotopic (exact) mass is 387 g/mol. The molecule has 0 heterocycles. The number of carbonyl (C=O) groups is 1. The van der Waals surface area contributed by atoms with Gasteiger partial charge in [-0.3, -0.25) is 4.79 Å². The molecule has 0 saturated heterocycles. The molecule has 2 nitrogen and oxygen atoms in total. The molecular weight excluding hydrogens is 370 g/mol. The third-order valence-corrected chi connectivity index (χ3v) is 5.21. The lowest BCUT2D eigenvalue weighted by Gasteiger charge is -2.17. The number of halogens is 2. The van der Waals surface area contributed by atoms with Crippen LogP contribution < -0.4 is 5.32 Å². The van der Waals surface area contributed by atoms with E-state index < -0.39 is 0 Å². The van der Waals surface area contributed by atoms with Crippen molar-refractivity contribution in [2.75, 3.05) is 11.9 Å². The number of benzene rings is 1. The van der Waals surface area contributed by atoms with Gasteiger partial charge in [-0.1, -0.05) is 50.4 Å². The molecule has 4 heteroatoms. The van der Waals surface area contributed by atoms with E-state index in [-0.39, 0.29) is 5.91 Å². The molecule has 0 aromatic heterocycles. The molecule has 0 aliphatic heterocycles. The van der Waals surface area contributed by atoms with E-state index in [1.807, 2.05) is 24.3 Å². The minimum atomic E-state index is 0.127. The Hall–Kier alpha value is -0.350. The van der Waals surface area contributed by atoms with Crippen LogP contribution >= 0.6 is 31.9 Å². The largest absolute Gasteiger partial charge is 0.356 e. The number of carbonyl (C=O) groups excluding carboxylic acids is 1. The molecule has 1 aromatic rings. The van der Waals surface area contributed by atoms with Crippen molar-refractivity contribution in [3.05, 3.63) is 34.3 Å². The van der Waals surface area contributed by atoms with Crippen molar-refractivity contribution in [3.63, 3.8) is 0 Å². The van der Waals surface area contributed by atoms with Gasteiger partial charge in [-0.25, -0.2) is 0 Å².